The van der Waals surface area contributed by atoms with E-state index in [1.54, 1.807) is 11.8 Å². The van der Waals surface area contributed by atoms with Crippen molar-refractivity contribution in [2.45, 2.75) is 88.8 Å². The SMILES string of the molecule is Cc1ccccc1-c1ccccc1COC1CC2CCC(C1)N2CCCCN1CSC(C)(C)C1=O. The first kappa shape index (κ1) is 24.9. The highest BCUT2D eigenvalue weighted by Crippen LogP contribution is 2.38. The lowest BCUT2D eigenvalue weighted by Gasteiger charge is -2.39. The second kappa shape index (κ2) is 10.7. The van der Waals surface area contributed by atoms with Gasteiger partial charge in [0.05, 0.1) is 23.3 Å². The molecule has 5 rings (SSSR count). The van der Waals surface area contributed by atoms with Crippen LogP contribution in [-0.2, 0) is 16.1 Å². The molecular formula is C30H40N2O2S. The number of hydrogen-bond acceptors (Lipinski definition) is 4. The van der Waals surface area contributed by atoms with Crippen molar-refractivity contribution >= 4 is 17.7 Å². The Bertz CT molecular complexity index is 1020. The van der Waals surface area contributed by atoms with Gasteiger partial charge in [-0.3, -0.25) is 9.69 Å². The molecule has 3 heterocycles. The number of ether oxygens (including phenoxy) is 1. The zero-order chi connectivity index (χ0) is 24.4. The number of aryl methyl sites for hydroxylation is 1. The predicted molar refractivity (Wildman–Crippen MR) is 145 cm³/mol. The number of rotatable bonds is 9. The Kier molecular flexibility index (Phi) is 7.57. The third-order valence-corrected chi connectivity index (χ3v) is 9.58. The summed E-state index contributed by atoms with van der Waals surface area (Å²) < 4.78 is 6.32. The zero-order valence-electron chi connectivity index (χ0n) is 21.5. The zero-order valence-corrected chi connectivity index (χ0v) is 22.4. The molecule has 2 unspecified atom stereocenters. The minimum atomic E-state index is -0.235. The van der Waals surface area contributed by atoms with Crippen LogP contribution < -0.4 is 0 Å². The minimum absolute atomic E-state index is 0.235. The van der Waals surface area contributed by atoms with Crippen molar-refractivity contribution in [2.24, 2.45) is 0 Å². The van der Waals surface area contributed by atoms with Crippen LogP contribution in [0.2, 0.25) is 0 Å². The van der Waals surface area contributed by atoms with Crippen molar-refractivity contribution in [2.75, 3.05) is 19.0 Å². The molecule has 2 bridgehead atoms. The fraction of sp³-hybridized carbons (Fsp3) is 0.567. The standard InChI is InChI=1S/C30H40N2O2S/c1-22-10-4-6-12-27(22)28-13-7-5-11-23(28)20-34-26-18-24-14-15-25(19-26)32(24)17-9-8-16-31-21-35-30(2,3)29(31)33/h4-7,10-13,24-26H,8-9,14-21H2,1-3H3. The summed E-state index contributed by atoms with van der Waals surface area (Å²) in [4.78, 5) is 17.2. The molecule has 5 heteroatoms. The Balaban J connectivity index is 1.10. The summed E-state index contributed by atoms with van der Waals surface area (Å²) in [6.07, 6.45) is 7.55. The van der Waals surface area contributed by atoms with Gasteiger partial charge in [0.25, 0.3) is 0 Å². The number of carbonyl (C=O) groups is 1. The first-order chi connectivity index (χ1) is 16.9. The summed E-state index contributed by atoms with van der Waals surface area (Å²) >= 11 is 1.77. The number of carbonyl (C=O) groups excluding carboxylic acids is 1. The molecule has 2 aromatic carbocycles. The van der Waals surface area contributed by atoms with Crippen molar-refractivity contribution in [3.63, 3.8) is 0 Å². The molecule has 35 heavy (non-hydrogen) atoms. The highest BCUT2D eigenvalue weighted by Gasteiger charge is 2.41. The smallest absolute Gasteiger partial charge is 0.238 e. The molecule has 4 nitrogen and oxygen atoms in total. The van der Waals surface area contributed by atoms with Gasteiger partial charge in [-0.05, 0) is 88.1 Å². The van der Waals surface area contributed by atoms with Crippen LogP contribution in [-0.4, -0.2) is 57.6 Å². The fourth-order valence-electron chi connectivity index (χ4n) is 6.22. The van der Waals surface area contributed by atoms with E-state index in [2.05, 4.69) is 60.4 Å². The van der Waals surface area contributed by atoms with Gasteiger partial charge in [-0.2, -0.15) is 0 Å². The van der Waals surface area contributed by atoms with Gasteiger partial charge in [0.15, 0.2) is 0 Å². The summed E-state index contributed by atoms with van der Waals surface area (Å²) in [7, 11) is 0. The van der Waals surface area contributed by atoms with Crippen LogP contribution in [0.15, 0.2) is 48.5 Å². The van der Waals surface area contributed by atoms with E-state index in [1.807, 2.05) is 18.7 Å². The lowest BCUT2D eigenvalue weighted by atomic mass is 9.96. The lowest BCUT2D eigenvalue weighted by molar-refractivity contribution is -0.130. The first-order valence-electron chi connectivity index (χ1n) is 13.4. The monoisotopic (exact) mass is 492 g/mol. The molecule has 3 saturated heterocycles. The highest BCUT2D eigenvalue weighted by atomic mass is 32.2. The number of unbranched alkanes of at least 4 members (excludes halogenated alkanes) is 1. The van der Waals surface area contributed by atoms with E-state index in [0.717, 1.165) is 38.2 Å². The van der Waals surface area contributed by atoms with Crippen molar-refractivity contribution in [3.8, 4) is 11.1 Å². The highest BCUT2D eigenvalue weighted by molar-refractivity contribution is 8.01. The number of piperidine rings is 1. The van der Waals surface area contributed by atoms with E-state index in [4.69, 9.17) is 4.74 Å². The summed E-state index contributed by atoms with van der Waals surface area (Å²) in [5.41, 5.74) is 5.20. The predicted octanol–water partition coefficient (Wildman–Crippen LogP) is 6.27. The largest absolute Gasteiger partial charge is 0.373 e. The Morgan fingerprint density at radius 3 is 2.29 bits per heavy atom. The number of benzene rings is 2. The molecule has 2 aromatic rings. The molecule has 3 fully saturated rings. The maximum absolute atomic E-state index is 12.4. The second-order valence-corrected chi connectivity index (χ2v) is 12.6. The van der Waals surface area contributed by atoms with Crippen LogP contribution in [0, 0.1) is 6.92 Å². The summed E-state index contributed by atoms with van der Waals surface area (Å²) in [6.45, 7) is 9.04. The minimum Gasteiger partial charge on any atom is -0.373 e. The van der Waals surface area contributed by atoms with Crippen molar-refractivity contribution in [3.05, 3.63) is 59.7 Å². The van der Waals surface area contributed by atoms with Gasteiger partial charge in [0, 0.05) is 18.6 Å². The van der Waals surface area contributed by atoms with E-state index in [0.29, 0.717) is 30.7 Å². The Morgan fingerprint density at radius 2 is 1.60 bits per heavy atom. The van der Waals surface area contributed by atoms with Crippen LogP contribution in [0.25, 0.3) is 11.1 Å². The maximum atomic E-state index is 12.4. The van der Waals surface area contributed by atoms with Gasteiger partial charge in [-0.1, -0.05) is 48.5 Å². The van der Waals surface area contributed by atoms with E-state index < -0.39 is 0 Å². The van der Waals surface area contributed by atoms with E-state index in [-0.39, 0.29) is 4.75 Å². The summed E-state index contributed by atoms with van der Waals surface area (Å²) in [5.74, 6) is 1.16. The normalized spacial score (nSPS) is 26.0. The Morgan fingerprint density at radius 1 is 0.943 bits per heavy atom. The summed E-state index contributed by atoms with van der Waals surface area (Å²) in [6, 6.07) is 18.6. The van der Waals surface area contributed by atoms with Crippen LogP contribution in [0.3, 0.4) is 0 Å². The number of fused-ring (bicyclic) bond motifs is 2. The number of nitrogens with zero attached hydrogens (tertiary/aromatic N) is 2. The van der Waals surface area contributed by atoms with Gasteiger partial charge in [-0.15, -0.1) is 11.8 Å². The van der Waals surface area contributed by atoms with E-state index >= 15 is 0 Å². The lowest BCUT2D eigenvalue weighted by Crippen LogP contribution is -2.45. The molecule has 0 aromatic heterocycles. The van der Waals surface area contributed by atoms with Gasteiger partial charge < -0.3 is 9.64 Å². The molecular weight excluding hydrogens is 452 g/mol. The Hall–Kier alpha value is -1.82. The number of amides is 1. The van der Waals surface area contributed by atoms with Gasteiger partial charge >= 0.3 is 0 Å². The van der Waals surface area contributed by atoms with Crippen LogP contribution in [0.4, 0.5) is 0 Å². The van der Waals surface area contributed by atoms with Crippen LogP contribution in [0.1, 0.15) is 63.5 Å². The fourth-order valence-corrected chi connectivity index (χ4v) is 7.20. The average molecular weight is 493 g/mol. The molecule has 0 radical (unpaired) electrons. The van der Waals surface area contributed by atoms with Crippen LogP contribution >= 0.6 is 11.8 Å². The molecule has 0 N–H and O–H groups in total. The molecule has 2 atom stereocenters. The van der Waals surface area contributed by atoms with Crippen LogP contribution in [0.5, 0.6) is 0 Å². The summed E-state index contributed by atoms with van der Waals surface area (Å²) in [5, 5.41) is 0. The van der Waals surface area contributed by atoms with E-state index in [1.165, 1.54) is 41.5 Å². The topological polar surface area (TPSA) is 32.8 Å². The van der Waals surface area contributed by atoms with Gasteiger partial charge in [-0.25, -0.2) is 0 Å². The first-order valence-corrected chi connectivity index (χ1v) is 14.4. The second-order valence-electron chi connectivity index (χ2n) is 11.1. The number of thioether (sulfide) groups is 1. The molecule has 3 aliphatic rings. The quantitative estimate of drug-likeness (QED) is 0.387. The molecule has 0 saturated carbocycles. The van der Waals surface area contributed by atoms with E-state index in [9.17, 15) is 4.79 Å². The third-order valence-electron chi connectivity index (χ3n) is 8.25. The Labute approximate surface area is 215 Å². The average Bonchev–Trinajstić information content (AvgIpc) is 3.25. The van der Waals surface area contributed by atoms with Gasteiger partial charge in [0.2, 0.25) is 5.91 Å². The number of hydrogen-bond donors (Lipinski definition) is 0. The molecule has 188 valence electrons. The van der Waals surface area contributed by atoms with Gasteiger partial charge in [0.1, 0.15) is 0 Å². The van der Waals surface area contributed by atoms with Crippen molar-refractivity contribution < 1.29 is 9.53 Å². The molecule has 0 spiro atoms. The molecule has 1 amide bonds. The molecule has 0 aliphatic carbocycles. The van der Waals surface area contributed by atoms with Crippen molar-refractivity contribution in [1.29, 1.82) is 0 Å². The van der Waals surface area contributed by atoms with Crippen molar-refractivity contribution in [1.82, 2.24) is 9.80 Å². The maximum Gasteiger partial charge on any atom is 0.238 e. The molecule has 3 aliphatic heterocycles. The third kappa shape index (κ3) is 5.47.